The van der Waals surface area contributed by atoms with Crippen molar-refractivity contribution in [1.29, 1.82) is 0 Å². The first-order valence-corrected chi connectivity index (χ1v) is 9.55. The summed E-state index contributed by atoms with van der Waals surface area (Å²) in [5, 5.41) is 0. The van der Waals surface area contributed by atoms with Crippen molar-refractivity contribution >= 4 is 0 Å². The summed E-state index contributed by atoms with van der Waals surface area (Å²) >= 11 is 0. The van der Waals surface area contributed by atoms with Crippen LogP contribution in [0, 0.1) is 18.8 Å². The van der Waals surface area contributed by atoms with Crippen LogP contribution >= 0.6 is 0 Å². The van der Waals surface area contributed by atoms with Gasteiger partial charge in [0.2, 0.25) is 0 Å². The van der Waals surface area contributed by atoms with Gasteiger partial charge in [-0.05, 0) is 75.2 Å². The minimum absolute atomic E-state index is 0.316. The van der Waals surface area contributed by atoms with Crippen molar-refractivity contribution in [2.24, 2.45) is 11.8 Å². The van der Waals surface area contributed by atoms with Gasteiger partial charge in [0.25, 0.3) is 0 Å². The maximum absolute atomic E-state index is 5.85. The minimum atomic E-state index is 0.316. The van der Waals surface area contributed by atoms with Crippen molar-refractivity contribution in [2.45, 2.75) is 70.3 Å². The SMILES string of the molecule is C=CC1CCC(CCC2CCC(c3ccc(C)cc3)CC2)CO1. The Bertz CT molecular complexity index is 473. The molecule has 0 spiro atoms. The molecule has 2 aliphatic rings. The molecule has 2 atom stereocenters. The third-order valence-corrected chi connectivity index (χ3v) is 6.05. The molecule has 1 aromatic rings. The van der Waals surface area contributed by atoms with Gasteiger partial charge < -0.3 is 4.74 Å². The molecule has 2 fully saturated rings. The lowest BCUT2D eigenvalue weighted by molar-refractivity contribution is 0.00646. The fourth-order valence-corrected chi connectivity index (χ4v) is 4.33. The normalized spacial score (nSPS) is 31.7. The molecule has 1 aliphatic carbocycles. The van der Waals surface area contributed by atoms with Gasteiger partial charge in [-0.15, -0.1) is 6.58 Å². The van der Waals surface area contributed by atoms with Crippen molar-refractivity contribution < 1.29 is 4.74 Å². The summed E-state index contributed by atoms with van der Waals surface area (Å²) in [5.41, 5.74) is 2.93. The first-order valence-electron chi connectivity index (χ1n) is 9.55. The molecular formula is C22H32O. The van der Waals surface area contributed by atoms with Crippen LogP contribution in [0.4, 0.5) is 0 Å². The van der Waals surface area contributed by atoms with Crippen LogP contribution in [-0.4, -0.2) is 12.7 Å². The summed E-state index contributed by atoms with van der Waals surface area (Å²) in [7, 11) is 0. The van der Waals surface area contributed by atoms with Crippen molar-refractivity contribution in [3.05, 3.63) is 48.0 Å². The highest BCUT2D eigenvalue weighted by Crippen LogP contribution is 2.38. The zero-order valence-electron chi connectivity index (χ0n) is 14.7. The van der Waals surface area contributed by atoms with E-state index in [1.165, 1.54) is 56.9 Å². The third-order valence-electron chi connectivity index (χ3n) is 6.05. The lowest BCUT2D eigenvalue weighted by Gasteiger charge is -2.31. The molecule has 1 nitrogen and oxygen atoms in total. The number of benzene rings is 1. The molecule has 2 unspecified atom stereocenters. The molecule has 1 aliphatic heterocycles. The Labute approximate surface area is 142 Å². The van der Waals surface area contributed by atoms with Gasteiger partial charge in [0.1, 0.15) is 0 Å². The third kappa shape index (κ3) is 4.70. The van der Waals surface area contributed by atoms with Crippen molar-refractivity contribution in [2.75, 3.05) is 6.61 Å². The van der Waals surface area contributed by atoms with E-state index in [1.807, 2.05) is 6.08 Å². The molecule has 1 heteroatoms. The van der Waals surface area contributed by atoms with Crippen molar-refractivity contribution in [3.8, 4) is 0 Å². The van der Waals surface area contributed by atoms with Gasteiger partial charge in [0.15, 0.2) is 0 Å². The van der Waals surface area contributed by atoms with E-state index in [0.29, 0.717) is 6.10 Å². The second-order valence-corrected chi connectivity index (χ2v) is 7.76. The first-order chi connectivity index (χ1) is 11.2. The topological polar surface area (TPSA) is 9.23 Å². The molecule has 0 amide bonds. The van der Waals surface area contributed by atoms with Gasteiger partial charge in [0, 0.05) is 0 Å². The van der Waals surface area contributed by atoms with Gasteiger partial charge in [-0.25, -0.2) is 0 Å². The van der Waals surface area contributed by atoms with E-state index in [0.717, 1.165) is 24.4 Å². The second-order valence-electron chi connectivity index (χ2n) is 7.76. The lowest BCUT2D eigenvalue weighted by Crippen LogP contribution is -2.25. The van der Waals surface area contributed by atoms with Crippen LogP contribution in [0.15, 0.2) is 36.9 Å². The molecule has 1 aromatic carbocycles. The Morgan fingerprint density at radius 3 is 2.22 bits per heavy atom. The van der Waals surface area contributed by atoms with Crippen LogP contribution in [0.25, 0.3) is 0 Å². The number of aryl methyl sites for hydroxylation is 1. The van der Waals surface area contributed by atoms with E-state index in [1.54, 1.807) is 5.56 Å². The molecule has 3 rings (SSSR count). The zero-order chi connectivity index (χ0) is 16.1. The summed E-state index contributed by atoms with van der Waals surface area (Å²) in [6.45, 7) is 6.97. The highest BCUT2D eigenvalue weighted by Gasteiger charge is 2.24. The molecule has 1 saturated carbocycles. The zero-order valence-corrected chi connectivity index (χ0v) is 14.7. The summed E-state index contributed by atoms with van der Waals surface area (Å²) in [4.78, 5) is 0. The quantitative estimate of drug-likeness (QED) is 0.603. The summed E-state index contributed by atoms with van der Waals surface area (Å²) < 4.78 is 5.85. The molecule has 1 heterocycles. The van der Waals surface area contributed by atoms with E-state index >= 15 is 0 Å². The molecule has 0 N–H and O–H groups in total. The monoisotopic (exact) mass is 312 g/mol. The van der Waals surface area contributed by atoms with Gasteiger partial charge in [-0.3, -0.25) is 0 Å². The van der Waals surface area contributed by atoms with Crippen LogP contribution in [0.5, 0.6) is 0 Å². The molecule has 1 saturated heterocycles. The molecule has 126 valence electrons. The van der Waals surface area contributed by atoms with E-state index in [9.17, 15) is 0 Å². The maximum atomic E-state index is 5.85. The van der Waals surface area contributed by atoms with E-state index in [2.05, 4.69) is 37.8 Å². The minimum Gasteiger partial charge on any atom is -0.374 e. The van der Waals surface area contributed by atoms with Crippen LogP contribution in [0.3, 0.4) is 0 Å². The Balaban J connectivity index is 1.38. The molecule has 23 heavy (non-hydrogen) atoms. The predicted octanol–water partition coefficient (Wildman–Crippen LogP) is 6.03. The fourth-order valence-electron chi connectivity index (χ4n) is 4.33. The van der Waals surface area contributed by atoms with Gasteiger partial charge in [-0.2, -0.15) is 0 Å². The summed E-state index contributed by atoms with van der Waals surface area (Å²) in [6, 6.07) is 9.22. The van der Waals surface area contributed by atoms with E-state index < -0.39 is 0 Å². The second kappa shape index (κ2) is 8.15. The standard InChI is InChI=1S/C22H32O/c1-3-22-15-10-19(16-23-22)7-6-18-8-13-21(14-9-18)20-11-4-17(2)5-12-20/h3-5,11-12,18-19,21-22H,1,6-10,13-16H2,2H3. The van der Waals surface area contributed by atoms with Crippen molar-refractivity contribution in [1.82, 2.24) is 0 Å². The Morgan fingerprint density at radius 1 is 0.957 bits per heavy atom. The van der Waals surface area contributed by atoms with Crippen LogP contribution in [0.2, 0.25) is 0 Å². The average molecular weight is 312 g/mol. The maximum Gasteiger partial charge on any atom is 0.0753 e. The fraction of sp³-hybridized carbons (Fsp3) is 0.636. The predicted molar refractivity (Wildman–Crippen MR) is 97.8 cm³/mol. The van der Waals surface area contributed by atoms with E-state index in [-0.39, 0.29) is 0 Å². The molecule has 0 aromatic heterocycles. The number of ether oxygens (including phenoxy) is 1. The van der Waals surface area contributed by atoms with Gasteiger partial charge in [-0.1, -0.05) is 42.3 Å². The number of rotatable bonds is 5. The smallest absolute Gasteiger partial charge is 0.0753 e. The first kappa shape index (κ1) is 16.8. The Kier molecular flexibility index (Phi) is 5.94. The molecule has 0 radical (unpaired) electrons. The van der Waals surface area contributed by atoms with E-state index in [4.69, 9.17) is 4.74 Å². The highest BCUT2D eigenvalue weighted by atomic mass is 16.5. The number of hydrogen-bond donors (Lipinski definition) is 0. The highest BCUT2D eigenvalue weighted by molar-refractivity contribution is 5.24. The average Bonchev–Trinajstić information content (AvgIpc) is 2.61. The van der Waals surface area contributed by atoms with Gasteiger partial charge in [0.05, 0.1) is 12.7 Å². The lowest BCUT2D eigenvalue weighted by atomic mass is 9.76. The largest absolute Gasteiger partial charge is 0.374 e. The summed E-state index contributed by atoms with van der Waals surface area (Å²) in [6.07, 6.45) is 13.2. The molecule has 0 bridgehead atoms. The van der Waals surface area contributed by atoms with Crippen LogP contribution in [0.1, 0.15) is 68.4 Å². The van der Waals surface area contributed by atoms with Crippen LogP contribution < -0.4 is 0 Å². The molecular weight excluding hydrogens is 280 g/mol. The Hall–Kier alpha value is -1.08. The number of hydrogen-bond acceptors (Lipinski definition) is 1. The van der Waals surface area contributed by atoms with Crippen LogP contribution in [-0.2, 0) is 4.74 Å². The van der Waals surface area contributed by atoms with Crippen molar-refractivity contribution in [3.63, 3.8) is 0 Å². The Morgan fingerprint density at radius 2 is 1.61 bits per heavy atom. The van der Waals surface area contributed by atoms with Gasteiger partial charge >= 0.3 is 0 Å². The summed E-state index contributed by atoms with van der Waals surface area (Å²) in [5.74, 6) is 2.55.